The summed E-state index contributed by atoms with van der Waals surface area (Å²) in [6.45, 7) is 2.02. The van der Waals surface area contributed by atoms with E-state index in [0.29, 0.717) is 19.1 Å². The normalized spacial score (nSPS) is 32.6. The van der Waals surface area contributed by atoms with E-state index in [1.807, 2.05) is 0 Å². The van der Waals surface area contributed by atoms with Crippen LogP contribution in [0.1, 0.15) is 25.7 Å². The second-order valence-corrected chi connectivity index (χ2v) is 4.61. The number of hydrogen-bond donors (Lipinski definition) is 1. The monoisotopic (exact) mass is 200 g/mol. The molecule has 0 amide bonds. The number of ether oxygens (including phenoxy) is 2. The second kappa shape index (κ2) is 4.17. The van der Waals surface area contributed by atoms with Gasteiger partial charge in [-0.3, -0.25) is 0 Å². The summed E-state index contributed by atoms with van der Waals surface area (Å²) in [6.07, 6.45) is 4.45. The molecular formula is C11H20O3. The largest absolute Gasteiger partial charge is 0.387 e. The highest BCUT2D eigenvalue weighted by molar-refractivity contribution is 4.99. The lowest BCUT2D eigenvalue weighted by Crippen LogP contribution is -2.48. The fraction of sp³-hybridized carbons (Fsp3) is 1.00. The summed E-state index contributed by atoms with van der Waals surface area (Å²) >= 11 is 0. The van der Waals surface area contributed by atoms with Crippen LogP contribution in [-0.4, -0.2) is 37.6 Å². The number of aliphatic hydroxyl groups is 1. The fourth-order valence-corrected chi connectivity index (χ4v) is 2.52. The minimum atomic E-state index is -0.616. The molecule has 2 aliphatic rings. The zero-order valence-electron chi connectivity index (χ0n) is 8.87. The van der Waals surface area contributed by atoms with Gasteiger partial charge in [0.15, 0.2) is 0 Å². The summed E-state index contributed by atoms with van der Waals surface area (Å²) < 4.78 is 10.6. The van der Waals surface area contributed by atoms with Crippen LogP contribution in [0, 0.1) is 11.8 Å². The number of hydrogen-bond acceptors (Lipinski definition) is 3. The third-order valence-corrected chi connectivity index (χ3v) is 3.53. The molecule has 0 spiro atoms. The highest BCUT2D eigenvalue weighted by Crippen LogP contribution is 2.45. The average molecular weight is 200 g/mol. The molecular weight excluding hydrogens is 180 g/mol. The van der Waals surface area contributed by atoms with Crippen LogP contribution >= 0.6 is 0 Å². The lowest BCUT2D eigenvalue weighted by molar-refractivity contribution is -0.126. The van der Waals surface area contributed by atoms with Gasteiger partial charge in [-0.15, -0.1) is 0 Å². The molecule has 1 N–H and O–H groups in total. The smallest absolute Gasteiger partial charge is 0.0957 e. The molecule has 2 fully saturated rings. The molecule has 1 heterocycles. The zero-order valence-corrected chi connectivity index (χ0v) is 8.87. The SMILES string of the molecule is COCC(O)(C1CC1)C1CCCOC1. The topological polar surface area (TPSA) is 38.7 Å². The van der Waals surface area contributed by atoms with Gasteiger partial charge in [0, 0.05) is 19.6 Å². The molecule has 2 unspecified atom stereocenters. The Labute approximate surface area is 85.4 Å². The number of methoxy groups -OCH3 is 1. The maximum Gasteiger partial charge on any atom is 0.0957 e. The van der Waals surface area contributed by atoms with Crippen LogP contribution in [0.2, 0.25) is 0 Å². The molecule has 14 heavy (non-hydrogen) atoms. The summed E-state index contributed by atoms with van der Waals surface area (Å²) in [5.74, 6) is 0.734. The standard InChI is InChI=1S/C11H20O3/c1-13-8-11(12,9-4-5-9)10-3-2-6-14-7-10/h9-10,12H,2-8H2,1H3. The van der Waals surface area contributed by atoms with E-state index in [2.05, 4.69) is 0 Å². The molecule has 2 rings (SSSR count). The summed E-state index contributed by atoms with van der Waals surface area (Å²) in [7, 11) is 1.66. The summed E-state index contributed by atoms with van der Waals surface area (Å²) in [6, 6.07) is 0. The van der Waals surface area contributed by atoms with Gasteiger partial charge in [-0.25, -0.2) is 0 Å². The van der Waals surface area contributed by atoms with Gasteiger partial charge in [0.2, 0.25) is 0 Å². The Morgan fingerprint density at radius 1 is 1.36 bits per heavy atom. The van der Waals surface area contributed by atoms with Crippen molar-refractivity contribution < 1.29 is 14.6 Å². The van der Waals surface area contributed by atoms with Gasteiger partial charge in [0.25, 0.3) is 0 Å². The first-order valence-electron chi connectivity index (χ1n) is 5.56. The molecule has 0 aromatic heterocycles. The predicted molar refractivity (Wildman–Crippen MR) is 53.1 cm³/mol. The van der Waals surface area contributed by atoms with Gasteiger partial charge in [-0.05, 0) is 31.6 Å². The van der Waals surface area contributed by atoms with Crippen LogP contribution in [0.5, 0.6) is 0 Å². The molecule has 0 bridgehead atoms. The summed E-state index contributed by atoms with van der Waals surface area (Å²) in [5.41, 5.74) is -0.616. The molecule has 1 aliphatic heterocycles. The third kappa shape index (κ3) is 1.95. The average Bonchev–Trinajstić information content (AvgIpc) is 3.03. The Kier molecular flexibility index (Phi) is 3.10. The number of rotatable bonds is 4. The molecule has 0 aromatic carbocycles. The van der Waals surface area contributed by atoms with Crippen LogP contribution < -0.4 is 0 Å². The Morgan fingerprint density at radius 3 is 2.64 bits per heavy atom. The van der Waals surface area contributed by atoms with E-state index in [4.69, 9.17) is 9.47 Å². The molecule has 0 aromatic rings. The zero-order chi connectivity index (χ0) is 10.0. The minimum Gasteiger partial charge on any atom is -0.387 e. The molecule has 3 nitrogen and oxygen atoms in total. The van der Waals surface area contributed by atoms with Crippen molar-refractivity contribution >= 4 is 0 Å². The highest BCUT2D eigenvalue weighted by atomic mass is 16.5. The van der Waals surface area contributed by atoms with Crippen molar-refractivity contribution in [2.45, 2.75) is 31.3 Å². The van der Waals surface area contributed by atoms with Crippen LogP contribution in [0.15, 0.2) is 0 Å². The van der Waals surface area contributed by atoms with Crippen molar-refractivity contribution in [3.8, 4) is 0 Å². The Hall–Kier alpha value is -0.120. The van der Waals surface area contributed by atoms with E-state index < -0.39 is 5.60 Å². The molecule has 2 atom stereocenters. The van der Waals surface area contributed by atoms with Gasteiger partial charge < -0.3 is 14.6 Å². The van der Waals surface area contributed by atoms with E-state index in [9.17, 15) is 5.11 Å². The third-order valence-electron chi connectivity index (χ3n) is 3.53. The van der Waals surface area contributed by atoms with Crippen LogP contribution in [0.4, 0.5) is 0 Å². The van der Waals surface area contributed by atoms with Gasteiger partial charge in [-0.2, -0.15) is 0 Å². The Balaban J connectivity index is 2.00. The van der Waals surface area contributed by atoms with Gasteiger partial charge in [0.1, 0.15) is 0 Å². The van der Waals surface area contributed by atoms with E-state index in [1.54, 1.807) is 7.11 Å². The van der Waals surface area contributed by atoms with E-state index >= 15 is 0 Å². The van der Waals surface area contributed by atoms with E-state index in [-0.39, 0.29) is 5.92 Å². The molecule has 1 saturated heterocycles. The maximum atomic E-state index is 10.6. The first-order chi connectivity index (χ1) is 6.77. The van der Waals surface area contributed by atoms with Crippen molar-refractivity contribution in [2.75, 3.05) is 26.9 Å². The highest BCUT2D eigenvalue weighted by Gasteiger charge is 2.49. The fourth-order valence-electron chi connectivity index (χ4n) is 2.52. The Bertz CT molecular complexity index is 185. The first-order valence-corrected chi connectivity index (χ1v) is 5.56. The molecule has 0 radical (unpaired) electrons. The van der Waals surface area contributed by atoms with Gasteiger partial charge in [-0.1, -0.05) is 0 Å². The van der Waals surface area contributed by atoms with Crippen molar-refractivity contribution in [1.29, 1.82) is 0 Å². The lowest BCUT2D eigenvalue weighted by Gasteiger charge is -2.38. The molecule has 1 aliphatic carbocycles. The van der Waals surface area contributed by atoms with Crippen molar-refractivity contribution in [2.24, 2.45) is 11.8 Å². The minimum absolute atomic E-state index is 0.281. The van der Waals surface area contributed by atoms with Crippen LogP contribution in [0.3, 0.4) is 0 Å². The molecule has 1 saturated carbocycles. The van der Waals surface area contributed by atoms with E-state index in [0.717, 1.165) is 32.3 Å². The van der Waals surface area contributed by atoms with Crippen molar-refractivity contribution in [3.05, 3.63) is 0 Å². The second-order valence-electron chi connectivity index (χ2n) is 4.61. The van der Waals surface area contributed by atoms with Crippen molar-refractivity contribution in [1.82, 2.24) is 0 Å². The van der Waals surface area contributed by atoms with Gasteiger partial charge in [0.05, 0.1) is 18.8 Å². The predicted octanol–water partition coefficient (Wildman–Crippen LogP) is 1.20. The lowest BCUT2D eigenvalue weighted by atomic mass is 9.80. The van der Waals surface area contributed by atoms with Gasteiger partial charge >= 0.3 is 0 Å². The Morgan fingerprint density at radius 2 is 2.14 bits per heavy atom. The van der Waals surface area contributed by atoms with Crippen molar-refractivity contribution in [3.63, 3.8) is 0 Å². The maximum absolute atomic E-state index is 10.6. The van der Waals surface area contributed by atoms with Crippen LogP contribution in [0.25, 0.3) is 0 Å². The first kappa shape index (κ1) is 10.4. The summed E-state index contributed by atoms with van der Waals surface area (Å²) in [4.78, 5) is 0. The quantitative estimate of drug-likeness (QED) is 0.741. The molecule has 82 valence electrons. The molecule has 3 heteroatoms. The van der Waals surface area contributed by atoms with E-state index in [1.165, 1.54) is 0 Å². The van der Waals surface area contributed by atoms with Crippen LogP contribution in [-0.2, 0) is 9.47 Å². The summed E-state index contributed by atoms with van der Waals surface area (Å²) in [5, 5.41) is 10.6.